The monoisotopic (exact) mass is 429 g/mol. The van der Waals surface area contributed by atoms with Crippen LogP contribution in [0.5, 0.6) is 0 Å². The maximum atomic E-state index is 12.6. The smallest absolute Gasteiger partial charge is 0.352 e. The second-order valence-electron chi connectivity index (χ2n) is 6.82. The summed E-state index contributed by atoms with van der Waals surface area (Å²) in [6.07, 6.45) is 0.351. The number of carbonyl (C=O) groups is 4. The topological polar surface area (TPSA) is 137 Å². The van der Waals surface area contributed by atoms with Crippen LogP contribution in [-0.2, 0) is 36.8 Å². The standard InChI is InChI=1S/C20H19N3O6S/c1-11(24)29-9-14-10-30-19-16(18(26)23(19)17(14)20(27)28)22-15(25)8-13-4-2-12(3-5-13)6-7-21/h2-5,16,19H,6,8-10H2,1H3,(H,22,25)(H,27,28). The van der Waals surface area contributed by atoms with Gasteiger partial charge in [-0.3, -0.25) is 19.3 Å². The molecule has 2 atom stereocenters. The molecule has 10 heteroatoms. The van der Waals surface area contributed by atoms with Crippen LogP contribution in [0.3, 0.4) is 0 Å². The lowest BCUT2D eigenvalue weighted by molar-refractivity contribution is -0.151. The first-order valence-corrected chi connectivity index (χ1v) is 10.1. The Kier molecular flexibility index (Phi) is 6.42. The first-order chi connectivity index (χ1) is 14.3. The molecule has 2 aliphatic rings. The summed E-state index contributed by atoms with van der Waals surface area (Å²) in [6, 6.07) is 8.29. The zero-order valence-corrected chi connectivity index (χ0v) is 16.9. The first kappa shape index (κ1) is 21.4. The van der Waals surface area contributed by atoms with Gasteiger partial charge in [0.2, 0.25) is 5.91 Å². The van der Waals surface area contributed by atoms with Crippen molar-refractivity contribution in [1.29, 1.82) is 5.26 Å². The van der Waals surface area contributed by atoms with Crippen LogP contribution in [0.25, 0.3) is 0 Å². The summed E-state index contributed by atoms with van der Waals surface area (Å²) in [4.78, 5) is 48.8. The van der Waals surface area contributed by atoms with Crippen molar-refractivity contribution in [2.24, 2.45) is 0 Å². The van der Waals surface area contributed by atoms with Gasteiger partial charge in [0.05, 0.1) is 18.9 Å². The van der Waals surface area contributed by atoms with Gasteiger partial charge in [0.1, 0.15) is 23.7 Å². The summed E-state index contributed by atoms with van der Waals surface area (Å²) in [5.41, 5.74) is 1.74. The van der Waals surface area contributed by atoms with E-state index in [9.17, 15) is 24.3 Å². The van der Waals surface area contributed by atoms with Crippen LogP contribution in [0.4, 0.5) is 0 Å². The number of nitriles is 1. The van der Waals surface area contributed by atoms with E-state index in [1.807, 2.05) is 0 Å². The maximum Gasteiger partial charge on any atom is 0.352 e. The molecule has 156 valence electrons. The van der Waals surface area contributed by atoms with Gasteiger partial charge < -0.3 is 15.2 Å². The molecule has 2 unspecified atom stereocenters. The fraction of sp³-hybridized carbons (Fsp3) is 0.350. The number of thioether (sulfide) groups is 1. The van der Waals surface area contributed by atoms with E-state index in [-0.39, 0.29) is 36.8 Å². The number of ether oxygens (including phenoxy) is 1. The van der Waals surface area contributed by atoms with Gasteiger partial charge in [0.15, 0.2) is 0 Å². The van der Waals surface area contributed by atoms with Crippen LogP contribution >= 0.6 is 11.8 Å². The summed E-state index contributed by atoms with van der Waals surface area (Å²) >= 11 is 1.31. The van der Waals surface area contributed by atoms with Gasteiger partial charge in [-0.15, -0.1) is 11.8 Å². The molecule has 3 rings (SSSR count). The number of amides is 2. The lowest BCUT2D eigenvalue weighted by Gasteiger charge is -2.49. The summed E-state index contributed by atoms with van der Waals surface area (Å²) in [7, 11) is 0. The first-order valence-electron chi connectivity index (χ1n) is 9.09. The highest BCUT2D eigenvalue weighted by atomic mass is 32.2. The van der Waals surface area contributed by atoms with E-state index >= 15 is 0 Å². The van der Waals surface area contributed by atoms with Crippen LogP contribution < -0.4 is 5.32 Å². The summed E-state index contributed by atoms with van der Waals surface area (Å²) in [5, 5.41) is 20.4. The zero-order valence-electron chi connectivity index (χ0n) is 16.1. The third kappa shape index (κ3) is 4.46. The number of hydrogen-bond acceptors (Lipinski definition) is 7. The molecule has 1 aromatic rings. The molecule has 1 saturated heterocycles. The average Bonchev–Trinajstić information content (AvgIpc) is 2.71. The number of hydrogen-bond donors (Lipinski definition) is 2. The minimum atomic E-state index is -1.28. The Morgan fingerprint density at radius 2 is 1.97 bits per heavy atom. The van der Waals surface area contributed by atoms with E-state index in [2.05, 4.69) is 11.4 Å². The lowest BCUT2D eigenvalue weighted by atomic mass is 10.0. The van der Waals surface area contributed by atoms with Crippen molar-refractivity contribution in [2.45, 2.75) is 31.2 Å². The zero-order chi connectivity index (χ0) is 21.8. The molecule has 0 aliphatic carbocycles. The average molecular weight is 429 g/mol. The Hall–Kier alpha value is -3.32. The largest absolute Gasteiger partial charge is 0.477 e. The van der Waals surface area contributed by atoms with E-state index in [1.54, 1.807) is 24.3 Å². The Bertz CT molecular complexity index is 966. The molecule has 2 aliphatic heterocycles. The third-order valence-corrected chi connectivity index (χ3v) is 6.03. The highest BCUT2D eigenvalue weighted by Crippen LogP contribution is 2.40. The van der Waals surface area contributed by atoms with Crippen LogP contribution in [0.2, 0.25) is 0 Å². The third-order valence-electron chi connectivity index (χ3n) is 4.69. The van der Waals surface area contributed by atoms with Crippen molar-refractivity contribution in [3.63, 3.8) is 0 Å². The van der Waals surface area contributed by atoms with Crippen molar-refractivity contribution < 1.29 is 29.0 Å². The second kappa shape index (κ2) is 9.00. The number of fused-ring (bicyclic) bond motifs is 1. The van der Waals surface area contributed by atoms with E-state index in [4.69, 9.17) is 10.00 Å². The van der Waals surface area contributed by atoms with Gasteiger partial charge in [-0.1, -0.05) is 24.3 Å². The number of rotatable bonds is 7. The number of esters is 1. The normalized spacial score (nSPS) is 20.0. The molecule has 0 saturated carbocycles. The predicted molar refractivity (Wildman–Crippen MR) is 106 cm³/mol. The number of carboxylic acid groups (broad SMARTS) is 1. The number of benzene rings is 1. The number of β-lactam (4-membered cyclic amide) rings is 1. The van der Waals surface area contributed by atoms with Crippen LogP contribution in [0, 0.1) is 11.3 Å². The molecule has 2 heterocycles. The van der Waals surface area contributed by atoms with Gasteiger partial charge in [-0.05, 0) is 11.1 Å². The summed E-state index contributed by atoms with van der Waals surface area (Å²) in [6.45, 7) is 1.02. The van der Waals surface area contributed by atoms with Crippen molar-refractivity contribution in [2.75, 3.05) is 12.4 Å². The fourth-order valence-corrected chi connectivity index (χ4v) is 4.59. The van der Waals surface area contributed by atoms with Crippen LogP contribution in [0.1, 0.15) is 18.1 Å². The Labute approximate surface area is 176 Å². The Morgan fingerprint density at radius 3 is 2.57 bits per heavy atom. The van der Waals surface area contributed by atoms with E-state index < -0.39 is 29.3 Å². The van der Waals surface area contributed by atoms with Crippen molar-refractivity contribution in [3.8, 4) is 6.07 Å². The van der Waals surface area contributed by atoms with Crippen molar-refractivity contribution >= 4 is 35.5 Å². The minimum Gasteiger partial charge on any atom is -0.477 e. The molecule has 9 nitrogen and oxygen atoms in total. The summed E-state index contributed by atoms with van der Waals surface area (Å²) in [5.74, 6) is -2.41. The molecule has 0 spiro atoms. The Morgan fingerprint density at radius 1 is 1.30 bits per heavy atom. The van der Waals surface area contributed by atoms with Gasteiger partial charge in [-0.25, -0.2) is 4.79 Å². The molecule has 0 aromatic heterocycles. The van der Waals surface area contributed by atoms with Gasteiger partial charge in [0, 0.05) is 18.2 Å². The van der Waals surface area contributed by atoms with E-state index in [0.29, 0.717) is 5.57 Å². The minimum absolute atomic E-state index is 0.0628. The molecule has 1 aromatic carbocycles. The van der Waals surface area contributed by atoms with Gasteiger partial charge in [-0.2, -0.15) is 5.26 Å². The Balaban J connectivity index is 1.64. The fourth-order valence-electron chi connectivity index (χ4n) is 3.26. The predicted octanol–water partition coefficient (Wildman–Crippen LogP) is 0.597. The number of nitrogens with one attached hydrogen (secondary N) is 1. The summed E-state index contributed by atoms with van der Waals surface area (Å²) < 4.78 is 4.89. The lowest BCUT2D eigenvalue weighted by Crippen LogP contribution is -2.70. The highest BCUT2D eigenvalue weighted by Gasteiger charge is 2.54. The highest BCUT2D eigenvalue weighted by molar-refractivity contribution is 8.00. The SMILES string of the molecule is CC(=O)OCC1=C(C(=O)O)N2C(=O)C(NC(=O)Cc3ccc(CC#N)cc3)C2SC1. The maximum absolute atomic E-state index is 12.6. The van der Waals surface area contributed by atoms with Gasteiger partial charge in [0.25, 0.3) is 5.91 Å². The van der Waals surface area contributed by atoms with E-state index in [0.717, 1.165) is 16.0 Å². The molecule has 0 radical (unpaired) electrons. The van der Waals surface area contributed by atoms with E-state index in [1.165, 1.54) is 18.7 Å². The molecule has 1 fully saturated rings. The van der Waals surface area contributed by atoms with Crippen LogP contribution in [-0.4, -0.2) is 57.5 Å². The molecule has 2 amide bonds. The van der Waals surface area contributed by atoms with Crippen LogP contribution in [0.15, 0.2) is 35.5 Å². The van der Waals surface area contributed by atoms with Gasteiger partial charge >= 0.3 is 11.9 Å². The molecular formula is C20H19N3O6S. The molecule has 30 heavy (non-hydrogen) atoms. The number of carboxylic acids is 1. The molecule has 2 N–H and O–H groups in total. The van der Waals surface area contributed by atoms with Crippen molar-refractivity contribution in [3.05, 3.63) is 46.7 Å². The number of aliphatic carboxylic acids is 1. The molecule has 0 bridgehead atoms. The second-order valence-corrected chi connectivity index (χ2v) is 7.93. The number of nitrogens with zero attached hydrogens (tertiary/aromatic N) is 2. The number of carbonyl (C=O) groups excluding carboxylic acids is 3. The van der Waals surface area contributed by atoms with Crippen molar-refractivity contribution in [1.82, 2.24) is 10.2 Å². The molecular weight excluding hydrogens is 410 g/mol. The quantitative estimate of drug-likeness (QED) is 0.475.